The van der Waals surface area contributed by atoms with Gasteiger partial charge in [-0.3, -0.25) is 4.79 Å². The molecule has 0 aliphatic rings. The molecule has 0 spiro atoms. The Bertz CT molecular complexity index is 1160. The molecule has 0 aromatic heterocycles. The molecule has 0 radical (unpaired) electrons. The molecule has 0 aliphatic carbocycles. The topological polar surface area (TPSA) is 66.5 Å². The van der Waals surface area contributed by atoms with Gasteiger partial charge < -0.3 is 5.32 Å². The monoisotopic (exact) mass is 496 g/mol. The number of aryl methyl sites for hydroxylation is 1. The number of nitrogens with zero attached hydrogens (tertiary/aromatic N) is 1. The van der Waals surface area contributed by atoms with Crippen molar-refractivity contribution in [2.45, 2.75) is 18.4 Å². The van der Waals surface area contributed by atoms with Gasteiger partial charge in [0.15, 0.2) is 0 Å². The van der Waals surface area contributed by atoms with Crippen LogP contribution in [0.1, 0.15) is 11.1 Å². The molecule has 1 N–H and O–H groups in total. The van der Waals surface area contributed by atoms with Gasteiger partial charge in [0.2, 0.25) is 15.9 Å². The van der Waals surface area contributed by atoms with Crippen LogP contribution in [-0.2, 0) is 21.4 Å². The number of hydrogen-bond donors (Lipinski definition) is 1. The average molecular weight is 498 g/mol. The fourth-order valence-electron chi connectivity index (χ4n) is 2.84. The van der Waals surface area contributed by atoms with Crippen LogP contribution in [0.2, 0.25) is 15.1 Å². The molecule has 0 saturated heterocycles. The van der Waals surface area contributed by atoms with Crippen LogP contribution < -0.4 is 5.32 Å². The SMILES string of the molecule is Cc1ccc(S(=O)(=O)N(CC(=O)Nc2ccc(Cl)cc2)Cc2c(Cl)cccc2Cl)cc1. The van der Waals surface area contributed by atoms with Crippen molar-refractivity contribution in [1.82, 2.24) is 4.31 Å². The first kappa shape index (κ1) is 23.6. The molecule has 0 atom stereocenters. The summed E-state index contributed by atoms with van der Waals surface area (Å²) in [6.45, 7) is 1.26. The van der Waals surface area contributed by atoms with Crippen LogP contribution in [-0.4, -0.2) is 25.2 Å². The van der Waals surface area contributed by atoms with Crippen molar-refractivity contribution in [1.29, 1.82) is 0 Å². The molecular weight excluding hydrogens is 479 g/mol. The van der Waals surface area contributed by atoms with Crippen LogP contribution in [0.5, 0.6) is 0 Å². The van der Waals surface area contributed by atoms with E-state index < -0.39 is 22.5 Å². The normalized spacial score (nSPS) is 11.5. The summed E-state index contributed by atoms with van der Waals surface area (Å²) < 4.78 is 27.7. The first-order valence-corrected chi connectivity index (χ1v) is 11.8. The highest BCUT2D eigenvalue weighted by Gasteiger charge is 2.28. The minimum Gasteiger partial charge on any atom is -0.325 e. The maximum atomic E-state index is 13.3. The third kappa shape index (κ3) is 5.99. The second kappa shape index (κ2) is 10.0. The lowest BCUT2D eigenvalue weighted by molar-refractivity contribution is -0.116. The van der Waals surface area contributed by atoms with Crippen LogP contribution >= 0.6 is 34.8 Å². The molecule has 3 aromatic rings. The predicted molar refractivity (Wildman–Crippen MR) is 125 cm³/mol. The molecule has 162 valence electrons. The zero-order valence-electron chi connectivity index (χ0n) is 16.5. The van der Waals surface area contributed by atoms with E-state index >= 15 is 0 Å². The quantitative estimate of drug-likeness (QED) is 0.449. The highest BCUT2D eigenvalue weighted by Crippen LogP contribution is 2.28. The van der Waals surface area contributed by atoms with E-state index in [1.54, 1.807) is 54.6 Å². The lowest BCUT2D eigenvalue weighted by Gasteiger charge is -2.23. The van der Waals surface area contributed by atoms with Gasteiger partial charge in [-0.1, -0.05) is 58.6 Å². The molecule has 3 aromatic carbocycles. The lowest BCUT2D eigenvalue weighted by atomic mass is 10.2. The van der Waals surface area contributed by atoms with Crippen molar-refractivity contribution in [2.75, 3.05) is 11.9 Å². The molecule has 0 saturated carbocycles. The minimum atomic E-state index is -4.01. The van der Waals surface area contributed by atoms with Crippen molar-refractivity contribution in [3.8, 4) is 0 Å². The van der Waals surface area contributed by atoms with Gasteiger partial charge in [-0.05, 0) is 55.5 Å². The number of anilines is 1. The number of nitrogens with one attached hydrogen (secondary N) is 1. The van der Waals surface area contributed by atoms with Crippen LogP contribution in [0, 0.1) is 6.92 Å². The van der Waals surface area contributed by atoms with E-state index in [4.69, 9.17) is 34.8 Å². The third-order valence-corrected chi connectivity index (χ3v) is 7.27. The number of carbonyl (C=O) groups excluding carboxylic acids is 1. The van der Waals surface area contributed by atoms with Crippen molar-refractivity contribution < 1.29 is 13.2 Å². The fourth-order valence-corrected chi connectivity index (χ4v) is 4.85. The fraction of sp³-hybridized carbons (Fsp3) is 0.136. The average Bonchev–Trinajstić information content (AvgIpc) is 2.72. The zero-order valence-corrected chi connectivity index (χ0v) is 19.6. The van der Waals surface area contributed by atoms with Gasteiger partial charge >= 0.3 is 0 Å². The third-order valence-electron chi connectivity index (χ3n) is 4.50. The molecule has 0 fully saturated rings. The van der Waals surface area contributed by atoms with Crippen LogP contribution in [0.4, 0.5) is 5.69 Å². The summed E-state index contributed by atoms with van der Waals surface area (Å²) in [5, 5.41) is 3.83. The number of carbonyl (C=O) groups is 1. The van der Waals surface area contributed by atoms with Crippen molar-refractivity contribution in [3.05, 3.63) is 92.9 Å². The zero-order chi connectivity index (χ0) is 22.6. The molecule has 9 heteroatoms. The summed E-state index contributed by atoms with van der Waals surface area (Å²) in [5.74, 6) is -0.513. The minimum absolute atomic E-state index is 0.0700. The molecule has 0 heterocycles. The van der Waals surface area contributed by atoms with Gasteiger partial charge in [-0.25, -0.2) is 8.42 Å². The van der Waals surface area contributed by atoms with Crippen LogP contribution in [0.15, 0.2) is 71.6 Å². The standard InChI is InChI=1S/C22H19Cl3N2O3S/c1-15-5-11-18(12-6-15)31(29,30)27(13-19-20(24)3-2-4-21(19)25)14-22(28)26-17-9-7-16(23)8-10-17/h2-12H,13-14H2,1H3,(H,26,28). The van der Waals surface area contributed by atoms with Crippen LogP contribution in [0.25, 0.3) is 0 Å². The molecule has 0 unspecified atom stereocenters. The van der Waals surface area contributed by atoms with Crippen molar-refractivity contribution in [2.24, 2.45) is 0 Å². The van der Waals surface area contributed by atoms with Gasteiger partial charge in [-0.15, -0.1) is 0 Å². The van der Waals surface area contributed by atoms with E-state index in [9.17, 15) is 13.2 Å². The lowest BCUT2D eigenvalue weighted by Crippen LogP contribution is -2.37. The summed E-state index contributed by atoms with van der Waals surface area (Å²) >= 11 is 18.4. The number of hydrogen-bond acceptors (Lipinski definition) is 3. The molecule has 0 aliphatic heterocycles. The van der Waals surface area contributed by atoms with Gasteiger partial charge in [0.05, 0.1) is 11.4 Å². The Morgan fingerprint density at radius 1 is 0.903 bits per heavy atom. The second-order valence-corrected chi connectivity index (χ2v) is 10.0. The Hall–Kier alpha value is -2.09. The van der Waals surface area contributed by atoms with E-state index in [1.807, 2.05) is 6.92 Å². The van der Waals surface area contributed by atoms with E-state index in [2.05, 4.69) is 5.32 Å². The van der Waals surface area contributed by atoms with Gasteiger partial charge in [0, 0.05) is 32.9 Å². The second-order valence-electron chi connectivity index (χ2n) is 6.84. The van der Waals surface area contributed by atoms with Crippen molar-refractivity contribution in [3.63, 3.8) is 0 Å². The molecule has 3 rings (SSSR count). The van der Waals surface area contributed by atoms with Gasteiger partial charge in [0.25, 0.3) is 0 Å². The molecule has 31 heavy (non-hydrogen) atoms. The van der Waals surface area contributed by atoms with Gasteiger partial charge in [0.1, 0.15) is 0 Å². The van der Waals surface area contributed by atoms with Crippen LogP contribution in [0.3, 0.4) is 0 Å². The Balaban J connectivity index is 1.92. The highest BCUT2D eigenvalue weighted by molar-refractivity contribution is 7.89. The Labute approximate surface area is 196 Å². The largest absolute Gasteiger partial charge is 0.325 e. The maximum Gasteiger partial charge on any atom is 0.243 e. The smallest absolute Gasteiger partial charge is 0.243 e. The summed E-state index contributed by atoms with van der Waals surface area (Å²) in [4.78, 5) is 12.8. The Morgan fingerprint density at radius 2 is 1.48 bits per heavy atom. The predicted octanol–water partition coefficient (Wildman–Crippen LogP) is 5.78. The molecule has 1 amide bonds. The molecule has 0 bridgehead atoms. The number of sulfonamides is 1. The molecular formula is C22H19Cl3N2O3S. The summed E-state index contributed by atoms with van der Waals surface area (Å²) in [6.07, 6.45) is 0. The van der Waals surface area contributed by atoms with Gasteiger partial charge in [-0.2, -0.15) is 4.31 Å². The first-order valence-electron chi connectivity index (χ1n) is 9.22. The summed E-state index contributed by atoms with van der Waals surface area (Å²) in [5.41, 5.74) is 1.83. The van der Waals surface area contributed by atoms with E-state index in [1.165, 1.54) is 12.1 Å². The van der Waals surface area contributed by atoms with E-state index in [-0.39, 0.29) is 11.4 Å². The number of rotatable bonds is 7. The highest BCUT2D eigenvalue weighted by atomic mass is 35.5. The van der Waals surface area contributed by atoms with Crippen molar-refractivity contribution >= 4 is 56.4 Å². The summed E-state index contributed by atoms with van der Waals surface area (Å²) in [7, 11) is -4.01. The van der Waals surface area contributed by atoms with E-state index in [0.717, 1.165) is 9.87 Å². The maximum absolute atomic E-state index is 13.3. The Kier molecular flexibility index (Phi) is 7.62. The molecule has 5 nitrogen and oxygen atoms in total. The first-order chi connectivity index (χ1) is 14.7. The number of halogens is 3. The van der Waals surface area contributed by atoms with E-state index in [0.29, 0.717) is 26.3 Å². The Morgan fingerprint density at radius 3 is 2.06 bits per heavy atom. The number of benzene rings is 3. The summed E-state index contributed by atoms with van der Waals surface area (Å²) in [6, 6.07) is 17.8. The number of amides is 1.